The van der Waals surface area contributed by atoms with Gasteiger partial charge in [-0.25, -0.2) is 9.79 Å². The maximum absolute atomic E-state index is 12.5. The maximum atomic E-state index is 12.5. The Morgan fingerprint density at radius 2 is 2.16 bits per heavy atom. The number of thiophene rings is 1. The van der Waals surface area contributed by atoms with Gasteiger partial charge in [0.15, 0.2) is 11.8 Å². The third-order valence-corrected chi connectivity index (χ3v) is 5.86. The van der Waals surface area contributed by atoms with Crippen LogP contribution in [0.3, 0.4) is 0 Å². The summed E-state index contributed by atoms with van der Waals surface area (Å²) < 4.78 is 7.48. The van der Waals surface area contributed by atoms with Gasteiger partial charge in [-0.15, -0.1) is 45.5 Å². The number of likely N-dealkylation sites (tertiary alicyclic amines) is 1. The first-order valence-electron chi connectivity index (χ1n) is 10.6. The first kappa shape index (κ1) is 26.4. The Labute approximate surface area is 211 Å². The number of hydrogen-bond acceptors (Lipinski definition) is 6. The number of nitrogens with one attached hydrogen (secondary N) is 2. The van der Waals surface area contributed by atoms with E-state index in [9.17, 15) is 4.79 Å². The molecule has 1 saturated heterocycles. The predicted octanol–water partition coefficient (Wildman–Crippen LogP) is 3.44. The average Bonchev–Trinajstić information content (AvgIpc) is 3.34. The van der Waals surface area contributed by atoms with Gasteiger partial charge >= 0.3 is 6.09 Å². The summed E-state index contributed by atoms with van der Waals surface area (Å²) in [5, 5.41) is 17.3. The van der Waals surface area contributed by atoms with Crippen LogP contribution in [0.1, 0.15) is 50.1 Å². The molecule has 0 bridgehead atoms. The van der Waals surface area contributed by atoms with Crippen molar-refractivity contribution in [3.05, 3.63) is 34.0 Å². The Balaban J connectivity index is 0.00000363. The molecule has 1 amide bonds. The number of aryl methyl sites for hydroxylation is 1. The Morgan fingerprint density at radius 1 is 1.38 bits per heavy atom. The highest BCUT2D eigenvalue weighted by Gasteiger charge is 2.28. The van der Waals surface area contributed by atoms with Crippen molar-refractivity contribution in [1.29, 1.82) is 0 Å². The Bertz CT molecular complexity index is 893. The van der Waals surface area contributed by atoms with Crippen molar-refractivity contribution in [3.63, 3.8) is 0 Å². The minimum Gasteiger partial charge on any atom is -0.444 e. The van der Waals surface area contributed by atoms with Gasteiger partial charge in [-0.2, -0.15) is 0 Å². The molecule has 1 aliphatic heterocycles. The lowest BCUT2D eigenvalue weighted by Crippen LogP contribution is -2.53. The van der Waals surface area contributed by atoms with Crippen LogP contribution in [0.2, 0.25) is 0 Å². The summed E-state index contributed by atoms with van der Waals surface area (Å²) in [4.78, 5) is 20.2. The fraction of sp³-hybridized carbons (Fsp3) is 0.619. The number of rotatable bonds is 5. The minimum absolute atomic E-state index is 0. The molecule has 178 valence electrons. The summed E-state index contributed by atoms with van der Waals surface area (Å²) in [6, 6.07) is 4.22. The molecule has 2 aromatic rings. The van der Waals surface area contributed by atoms with Crippen molar-refractivity contribution in [2.24, 2.45) is 12.0 Å². The molecule has 0 saturated carbocycles. The van der Waals surface area contributed by atoms with E-state index in [0.29, 0.717) is 32.1 Å². The summed E-state index contributed by atoms with van der Waals surface area (Å²) in [5.41, 5.74) is -0.499. The molecule has 1 fully saturated rings. The van der Waals surface area contributed by atoms with Crippen molar-refractivity contribution in [2.45, 2.75) is 65.3 Å². The highest BCUT2D eigenvalue weighted by atomic mass is 127. The van der Waals surface area contributed by atoms with Crippen molar-refractivity contribution >= 4 is 47.4 Å². The second-order valence-electron chi connectivity index (χ2n) is 8.73. The number of carbonyl (C=O) groups is 1. The monoisotopic (exact) mass is 575 g/mol. The third-order valence-electron chi connectivity index (χ3n) is 4.99. The number of hydrogen-bond donors (Lipinski definition) is 2. The lowest BCUT2D eigenvalue weighted by atomic mass is 10.1. The summed E-state index contributed by atoms with van der Waals surface area (Å²) in [7, 11) is 1.94. The molecule has 1 atom stereocenters. The topological polar surface area (TPSA) is 96.7 Å². The third kappa shape index (κ3) is 7.91. The lowest BCUT2D eigenvalue weighted by molar-refractivity contribution is 0.0193. The summed E-state index contributed by atoms with van der Waals surface area (Å²) >= 11 is 1.70. The van der Waals surface area contributed by atoms with Gasteiger partial charge in [0.1, 0.15) is 18.0 Å². The van der Waals surface area contributed by atoms with E-state index < -0.39 is 5.60 Å². The number of piperidine rings is 1. The van der Waals surface area contributed by atoms with Gasteiger partial charge < -0.3 is 24.8 Å². The summed E-state index contributed by atoms with van der Waals surface area (Å²) in [5.74, 6) is 2.35. The van der Waals surface area contributed by atoms with E-state index in [4.69, 9.17) is 9.73 Å². The van der Waals surface area contributed by atoms with E-state index >= 15 is 0 Å². The van der Waals surface area contributed by atoms with Crippen LogP contribution < -0.4 is 10.6 Å². The molecule has 2 N–H and O–H groups in total. The number of halogens is 1. The number of aliphatic imine (C=N–C) groups is 1. The molecule has 1 unspecified atom stereocenters. The molecular weight excluding hydrogens is 541 g/mol. The Morgan fingerprint density at radius 3 is 2.78 bits per heavy atom. The zero-order chi connectivity index (χ0) is 22.4. The van der Waals surface area contributed by atoms with Crippen LogP contribution in [-0.4, -0.2) is 56.4 Å². The van der Waals surface area contributed by atoms with Gasteiger partial charge in [-0.3, -0.25) is 0 Å². The molecular formula is C21H34IN7O2S. The highest BCUT2D eigenvalue weighted by molar-refractivity contribution is 14.0. The first-order chi connectivity index (χ1) is 14.7. The molecule has 32 heavy (non-hydrogen) atoms. The van der Waals surface area contributed by atoms with Crippen molar-refractivity contribution in [1.82, 2.24) is 30.3 Å². The molecule has 9 nitrogen and oxygen atoms in total. The van der Waals surface area contributed by atoms with E-state index in [1.807, 2.05) is 45.4 Å². The SMILES string of the molecule is Cc1nnc(CN=C(NCc2cccs2)NC2CCCN(C(=O)OC(C)(C)C)C2)n1C.I. The van der Waals surface area contributed by atoms with E-state index in [0.717, 1.165) is 24.5 Å². The smallest absolute Gasteiger partial charge is 0.410 e. The second kappa shape index (κ2) is 11.8. The van der Waals surface area contributed by atoms with E-state index in [2.05, 4.69) is 32.3 Å². The molecule has 3 heterocycles. The number of carbonyl (C=O) groups excluding carboxylic acids is 1. The fourth-order valence-corrected chi connectivity index (χ4v) is 3.90. The zero-order valence-electron chi connectivity index (χ0n) is 19.4. The number of aromatic nitrogens is 3. The fourth-order valence-electron chi connectivity index (χ4n) is 3.26. The van der Waals surface area contributed by atoms with Crippen molar-refractivity contribution in [2.75, 3.05) is 13.1 Å². The van der Waals surface area contributed by atoms with Crippen LogP contribution in [-0.2, 0) is 24.9 Å². The predicted molar refractivity (Wildman–Crippen MR) is 137 cm³/mol. The van der Waals surface area contributed by atoms with Crippen molar-refractivity contribution in [3.8, 4) is 0 Å². The molecule has 0 aromatic carbocycles. The lowest BCUT2D eigenvalue weighted by Gasteiger charge is -2.35. The molecule has 1 aliphatic rings. The normalized spacial score (nSPS) is 17.0. The molecule has 0 spiro atoms. The van der Waals surface area contributed by atoms with E-state index in [1.165, 1.54) is 4.88 Å². The van der Waals surface area contributed by atoms with E-state index in [-0.39, 0.29) is 36.1 Å². The van der Waals surface area contributed by atoms with Crippen LogP contribution >= 0.6 is 35.3 Å². The maximum Gasteiger partial charge on any atom is 0.410 e. The molecule has 11 heteroatoms. The minimum atomic E-state index is -0.499. The standard InChI is InChI=1S/C21H33N7O2S.HI/c1-15-25-26-18(27(15)5)13-23-19(22-12-17-9-7-11-31-17)24-16-8-6-10-28(14-16)20(29)30-21(2,3)4;/h7,9,11,16H,6,8,10,12-14H2,1-5H3,(H2,22,23,24);1H. The van der Waals surface area contributed by atoms with Gasteiger partial charge in [0.05, 0.1) is 6.54 Å². The molecule has 0 radical (unpaired) electrons. The second-order valence-corrected chi connectivity index (χ2v) is 9.76. The van der Waals surface area contributed by atoms with Gasteiger partial charge in [-0.1, -0.05) is 6.07 Å². The number of nitrogens with zero attached hydrogens (tertiary/aromatic N) is 5. The molecule has 3 rings (SSSR count). The largest absolute Gasteiger partial charge is 0.444 e. The number of guanidine groups is 1. The van der Waals surface area contributed by atoms with Crippen LogP contribution in [0.15, 0.2) is 22.5 Å². The highest BCUT2D eigenvalue weighted by Crippen LogP contribution is 2.15. The quantitative estimate of drug-likeness (QED) is 0.322. The van der Waals surface area contributed by atoms with Crippen LogP contribution in [0.25, 0.3) is 0 Å². The van der Waals surface area contributed by atoms with Crippen molar-refractivity contribution < 1.29 is 9.53 Å². The number of amides is 1. The van der Waals surface area contributed by atoms with Crippen LogP contribution in [0.4, 0.5) is 4.79 Å². The number of ether oxygens (including phenoxy) is 1. The molecule has 2 aromatic heterocycles. The summed E-state index contributed by atoms with van der Waals surface area (Å²) in [6.45, 7) is 9.97. The molecule has 0 aliphatic carbocycles. The average molecular weight is 576 g/mol. The Kier molecular flexibility index (Phi) is 9.74. The van der Waals surface area contributed by atoms with Gasteiger partial charge in [0, 0.05) is 31.1 Å². The zero-order valence-corrected chi connectivity index (χ0v) is 22.6. The van der Waals surface area contributed by atoms with Gasteiger partial charge in [0.2, 0.25) is 0 Å². The summed E-state index contributed by atoms with van der Waals surface area (Å²) in [6.07, 6.45) is 1.61. The van der Waals surface area contributed by atoms with Crippen LogP contribution in [0.5, 0.6) is 0 Å². The first-order valence-corrected chi connectivity index (χ1v) is 11.5. The van der Waals surface area contributed by atoms with E-state index in [1.54, 1.807) is 16.2 Å². The Hall–Kier alpha value is -1.89. The van der Waals surface area contributed by atoms with Crippen LogP contribution in [0, 0.1) is 6.92 Å². The van der Waals surface area contributed by atoms with Gasteiger partial charge in [-0.05, 0) is 52.0 Å². The van der Waals surface area contributed by atoms with Gasteiger partial charge in [0.25, 0.3) is 0 Å².